The van der Waals surface area contributed by atoms with E-state index in [0.717, 1.165) is 37.9 Å². The largest absolute Gasteiger partial charge is 0.463 e. The van der Waals surface area contributed by atoms with Crippen molar-refractivity contribution in [1.29, 1.82) is 0 Å². The fraction of sp³-hybridized carbons (Fsp3) is 0.750. The van der Waals surface area contributed by atoms with Gasteiger partial charge in [-0.05, 0) is 96.0 Å². The molecule has 0 aromatic carbocycles. The third kappa shape index (κ3) is 4.86. The summed E-state index contributed by atoms with van der Waals surface area (Å²) in [6.45, 7) is 17.1. The molecule has 4 aliphatic rings. The standard InChI is InChI=1S/C32H48O4/c1-19(2)20(3)9-10-21(4)27-13-14-28-26-12-11-24-17-25(35-22(5)33)15-16-31(24,7)30(26)29(36-23(6)34)18-32(27,28)8/h9-10,12,19-21,24-25,27-28H,11,13-18H2,1-8H3. The Labute approximate surface area is 219 Å². The van der Waals surface area contributed by atoms with Gasteiger partial charge in [0, 0.05) is 20.3 Å². The molecule has 36 heavy (non-hydrogen) atoms. The highest BCUT2D eigenvalue weighted by Gasteiger charge is 2.58. The molecule has 0 radical (unpaired) electrons. The van der Waals surface area contributed by atoms with Gasteiger partial charge < -0.3 is 9.47 Å². The Bertz CT molecular complexity index is 971. The maximum absolute atomic E-state index is 12.3. The van der Waals surface area contributed by atoms with Crippen LogP contribution in [0.3, 0.4) is 0 Å². The molecule has 200 valence electrons. The van der Waals surface area contributed by atoms with Crippen LogP contribution >= 0.6 is 0 Å². The van der Waals surface area contributed by atoms with Gasteiger partial charge in [-0.25, -0.2) is 0 Å². The van der Waals surface area contributed by atoms with Crippen LogP contribution in [0.15, 0.2) is 35.1 Å². The first kappa shape index (κ1) is 27.2. The Morgan fingerprint density at radius 2 is 1.75 bits per heavy atom. The van der Waals surface area contributed by atoms with E-state index in [1.807, 2.05) is 0 Å². The number of allylic oxidation sites excluding steroid dienone is 6. The molecular weight excluding hydrogens is 448 g/mol. The molecule has 0 aromatic heterocycles. The van der Waals surface area contributed by atoms with E-state index in [9.17, 15) is 9.59 Å². The maximum Gasteiger partial charge on any atom is 0.307 e. The highest BCUT2D eigenvalue weighted by molar-refractivity contribution is 5.68. The van der Waals surface area contributed by atoms with Gasteiger partial charge in [0.2, 0.25) is 0 Å². The van der Waals surface area contributed by atoms with Gasteiger partial charge in [0.1, 0.15) is 11.9 Å². The van der Waals surface area contributed by atoms with E-state index in [1.165, 1.54) is 37.8 Å². The summed E-state index contributed by atoms with van der Waals surface area (Å²) in [4.78, 5) is 23.9. The van der Waals surface area contributed by atoms with Gasteiger partial charge in [-0.1, -0.05) is 59.8 Å². The van der Waals surface area contributed by atoms with Gasteiger partial charge in [0.25, 0.3) is 0 Å². The van der Waals surface area contributed by atoms with E-state index in [2.05, 4.69) is 59.8 Å². The predicted octanol–water partition coefficient (Wildman–Crippen LogP) is 7.79. The van der Waals surface area contributed by atoms with Crippen molar-refractivity contribution in [3.05, 3.63) is 35.1 Å². The monoisotopic (exact) mass is 496 g/mol. The molecule has 0 saturated heterocycles. The zero-order valence-corrected chi connectivity index (χ0v) is 23.9. The molecule has 0 spiro atoms. The molecule has 4 rings (SSSR count). The number of ether oxygens (including phenoxy) is 2. The van der Waals surface area contributed by atoms with Crippen LogP contribution in [-0.4, -0.2) is 18.0 Å². The van der Waals surface area contributed by atoms with Crippen LogP contribution in [-0.2, 0) is 19.1 Å². The van der Waals surface area contributed by atoms with Crippen LogP contribution in [0.4, 0.5) is 0 Å². The predicted molar refractivity (Wildman–Crippen MR) is 144 cm³/mol. The van der Waals surface area contributed by atoms with Crippen LogP contribution in [0.25, 0.3) is 0 Å². The van der Waals surface area contributed by atoms with Gasteiger partial charge in [-0.2, -0.15) is 0 Å². The van der Waals surface area contributed by atoms with Gasteiger partial charge in [0.05, 0.1) is 0 Å². The summed E-state index contributed by atoms with van der Waals surface area (Å²) in [5, 5.41) is 0. The Kier molecular flexibility index (Phi) is 7.66. The minimum absolute atomic E-state index is 0.00103. The minimum Gasteiger partial charge on any atom is -0.463 e. The second-order valence-electron chi connectivity index (χ2n) is 13.2. The molecule has 8 atom stereocenters. The van der Waals surface area contributed by atoms with Gasteiger partial charge in [-0.3, -0.25) is 9.59 Å². The van der Waals surface area contributed by atoms with Crippen LogP contribution in [0, 0.1) is 46.3 Å². The lowest BCUT2D eigenvalue weighted by Gasteiger charge is -2.54. The van der Waals surface area contributed by atoms with Gasteiger partial charge in [-0.15, -0.1) is 0 Å². The van der Waals surface area contributed by atoms with E-state index in [0.29, 0.717) is 35.5 Å². The average Bonchev–Trinajstić information content (AvgIpc) is 3.13. The first-order valence-corrected chi connectivity index (χ1v) is 14.3. The molecule has 2 fully saturated rings. The van der Waals surface area contributed by atoms with Crippen molar-refractivity contribution >= 4 is 11.9 Å². The Hall–Kier alpha value is -1.84. The van der Waals surface area contributed by atoms with Crippen molar-refractivity contribution in [3.63, 3.8) is 0 Å². The quantitative estimate of drug-likeness (QED) is 0.278. The second kappa shape index (κ2) is 10.1. The highest BCUT2D eigenvalue weighted by atomic mass is 16.5. The van der Waals surface area contributed by atoms with E-state index >= 15 is 0 Å². The molecule has 4 aliphatic carbocycles. The van der Waals surface area contributed by atoms with E-state index in [1.54, 1.807) is 0 Å². The maximum atomic E-state index is 12.3. The van der Waals surface area contributed by atoms with Crippen molar-refractivity contribution in [2.75, 3.05) is 0 Å². The number of hydrogen-bond acceptors (Lipinski definition) is 4. The zero-order valence-electron chi connectivity index (χ0n) is 23.9. The Morgan fingerprint density at radius 1 is 1.03 bits per heavy atom. The van der Waals surface area contributed by atoms with Crippen molar-refractivity contribution in [3.8, 4) is 0 Å². The SMILES string of the molecule is CC(=O)OC1=C2C(=CCC3CC(OC(C)=O)CCC23C)C2CCC(C(C)C=CC(C)C(C)C)C2(C)C1. The molecule has 0 bridgehead atoms. The summed E-state index contributed by atoms with van der Waals surface area (Å²) < 4.78 is 11.7. The molecule has 0 aliphatic heterocycles. The van der Waals surface area contributed by atoms with Crippen LogP contribution in [0.1, 0.15) is 100 Å². The van der Waals surface area contributed by atoms with Gasteiger partial charge >= 0.3 is 11.9 Å². The number of rotatable bonds is 6. The number of fused-ring (bicyclic) bond motifs is 5. The number of carbonyl (C=O) groups is 2. The second-order valence-corrected chi connectivity index (χ2v) is 13.2. The summed E-state index contributed by atoms with van der Waals surface area (Å²) in [5.41, 5.74) is 2.82. The lowest BCUT2D eigenvalue weighted by Crippen LogP contribution is -2.46. The lowest BCUT2D eigenvalue weighted by molar-refractivity contribution is -0.150. The topological polar surface area (TPSA) is 52.6 Å². The molecule has 0 N–H and O–H groups in total. The minimum atomic E-state index is -0.216. The number of esters is 2. The first-order chi connectivity index (χ1) is 16.9. The van der Waals surface area contributed by atoms with E-state index in [4.69, 9.17) is 9.47 Å². The van der Waals surface area contributed by atoms with Crippen LogP contribution in [0.2, 0.25) is 0 Å². The normalized spacial score (nSPS) is 37.6. The van der Waals surface area contributed by atoms with E-state index in [-0.39, 0.29) is 28.9 Å². The first-order valence-electron chi connectivity index (χ1n) is 14.3. The van der Waals surface area contributed by atoms with E-state index < -0.39 is 0 Å². The third-order valence-corrected chi connectivity index (χ3v) is 10.5. The fourth-order valence-electron chi connectivity index (χ4n) is 8.18. The molecule has 4 heteroatoms. The van der Waals surface area contributed by atoms with Crippen molar-refractivity contribution in [2.24, 2.45) is 46.3 Å². The number of hydrogen-bond donors (Lipinski definition) is 0. The number of carbonyl (C=O) groups excluding carboxylic acids is 2. The van der Waals surface area contributed by atoms with Crippen LogP contribution in [0.5, 0.6) is 0 Å². The van der Waals surface area contributed by atoms with Crippen molar-refractivity contribution in [1.82, 2.24) is 0 Å². The molecule has 8 unspecified atom stereocenters. The highest BCUT2D eigenvalue weighted by Crippen LogP contribution is 2.66. The molecule has 0 amide bonds. The molecule has 4 nitrogen and oxygen atoms in total. The fourth-order valence-corrected chi connectivity index (χ4v) is 8.18. The van der Waals surface area contributed by atoms with Crippen molar-refractivity contribution < 1.29 is 19.1 Å². The Balaban J connectivity index is 1.68. The molecular formula is C32H48O4. The lowest BCUT2D eigenvalue weighted by atomic mass is 9.51. The third-order valence-electron chi connectivity index (χ3n) is 10.5. The summed E-state index contributed by atoms with van der Waals surface area (Å²) >= 11 is 0. The smallest absolute Gasteiger partial charge is 0.307 e. The average molecular weight is 497 g/mol. The Morgan fingerprint density at radius 3 is 2.39 bits per heavy atom. The van der Waals surface area contributed by atoms with Gasteiger partial charge in [0.15, 0.2) is 0 Å². The summed E-state index contributed by atoms with van der Waals surface area (Å²) in [6.07, 6.45) is 14.3. The summed E-state index contributed by atoms with van der Waals surface area (Å²) in [5.74, 6) is 3.71. The van der Waals surface area contributed by atoms with Crippen molar-refractivity contribution in [2.45, 2.75) is 106 Å². The molecule has 0 heterocycles. The summed E-state index contributed by atoms with van der Waals surface area (Å²) in [6, 6.07) is 0. The zero-order chi connectivity index (χ0) is 26.4. The van der Waals surface area contributed by atoms with Crippen LogP contribution < -0.4 is 0 Å². The molecule has 2 saturated carbocycles. The summed E-state index contributed by atoms with van der Waals surface area (Å²) in [7, 11) is 0. The molecule has 0 aromatic rings.